The molecule has 33 heavy (non-hydrogen) atoms. The van der Waals surface area contributed by atoms with E-state index in [0.717, 1.165) is 43.4 Å². The van der Waals surface area contributed by atoms with Gasteiger partial charge in [0.25, 0.3) is 0 Å². The van der Waals surface area contributed by atoms with Gasteiger partial charge < -0.3 is 14.5 Å². The Morgan fingerprint density at radius 2 is 1.70 bits per heavy atom. The van der Waals surface area contributed by atoms with E-state index in [0.29, 0.717) is 6.42 Å². The zero-order valence-electron chi connectivity index (χ0n) is 19.9. The highest BCUT2D eigenvalue weighted by atomic mass is 16.5. The van der Waals surface area contributed by atoms with E-state index in [-0.39, 0.29) is 41.4 Å². The van der Waals surface area contributed by atoms with Crippen LogP contribution in [0.5, 0.6) is 5.75 Å². The van der Waals surface area contributed by atoms with Crippen molar-refractivity contribution < 1.29 is 14.3 Å². The first-order valence-electron chi connectivity index (χ1n) is 12.2. The summed E-state index contributed by atoms with van der Waals surface area (Å²) in [7, 11) is 1.65. The second-order valence-corrected chi connectivity index (χ2v) is 10.3. The molecule has 5 heteroatoms. The van der Waals surface area contributed by atoms with Crippen molar-refractivity contribution in [2.75, 3.05) is 7.11 Å². The third kappa shape index (κ3) is 3.71. The fourth-order valence-electron chi connectivity index (χ4n) is 7.04. The van der Waals surface area contributed by atoms with Crippen molar-refractivity contribution in [1.29, 1.82) is 0 Å². The Morgan fingerprint density at radius 3 is 2.39 bits per heavy atom. The van der Waals surface area contributed by atoms with Crippen LogP contribution in [0.1, 0.15) is 50.7 Å². The maximum atomic E-state index is 13.9. The number of likely N-dealkylation sites (tertiary alicyclic amines) is 2. The van der Waals surface area contributed by atoms with Crippen molar-refractivity contribution >= 4 is 11.8 Å². The van der Waals surface area contributed by atoms with E-state index < -0.39 is 0 Å². The van der Waals surface area contributed by atoms with E-state index >= 15 is 0 Å². The summed E-state index contributed by atoms with van der Waals surface area (Å²) in [5, 5.41) is 0. The number of rotatable bonds is 5. The summed E-state index contributed by atoms with van der Waals surface area (Å²) < 4.78 is 5.37. The van der Waals surface area contributed by atoms with Gasteiger partial charge in [0, 0.05) is 24.4 Å². The number of hydrogen-bond acceptors (Lipinski definition) is 3. The predicted molar refractivity (Wildman–Crippen MR) is 128 cm³/mol. The fraction of sp³-hybridized carbons (Fsp3) is 0.500. The van der Waals surface area contributed by atoms with Gasteiger partial charge in [-0.2, -0.15) is 0 Å². The van der Waals surface area contributed by atoms with Gasteiger partial charge >= 0.3 is 0 Å². The van der Waals surface area contributed by atoms with Gasteiger partial charge in [0.05, 0.1) is 25.6 Å². The smallest absolute Gasteiger partial charge is 0.227 e. The molecule has 2 aromatic carbocycles. The Balaban J connectivity index is 1.51. The highest BCUT2D eigenvalue weighted by Gasteiger charge is 2.64. The first-order valence-corrected chi connectivity index (χ1v) is 12.2. The number of amides is 2. The molecule has 3 fully saturated rings. The Bertz CT molecular complexity index is 1040. The van der Waals surface area contributed by atoms with Gasteiger partial charge in [0.2, 0.25) is 11.8 Å². The zero-order chi connectivity index (χ0) is 23.2. The van der Waals surface area contributed by atoms with Crippen LogP contribution >= 0.6 is 0 Å². The molecular weight excluding hydrogens is 412 g/mol. The molecule has 2 bridgehead atoms. The highest BCUT2D eigenvalue weighted by Crippen LogP contribution is 2.56. The van der Waals surface area contributed by atoms with E-state index in [1.165, 1.54) is 5.56 Å². The summed E-state index contributed by atoms with van der Waals surface area (Å²) in [6, 6.07) is 18.7. The Hall–Kier alpha value is -2.82. The number of fused-ring (bicyclic) bond motifs is 1. The molecule has 1 saturated carbocycles. The first kappa shape index (κ1) is 22.0. The van der Waals surface area contributed by atoms with Crippen LogP contribution < -0.4 is 4.74 Å². The maximum absolute atomic E-state index is 13.9. The molecule has 3 aliphatic rings. The van der Waals surface area contributed by atoms with Gasteiger partial charge in [0.1, 0.15) is 5.75 Å². The van der Waals surface area contributed by atoms with E-state index in [1.54, 1.807) is 14.0 Å². The summed E-state index contributed by atoms with van der Waals surface area (Å²) >= 11 is 0. The molecule has 2 amide bonds. The predicted octanol–water partition coefficient (Wildman–Crippen LogP) is 4.24. The average molecular weight is 447 g/mol. The molecule has 2 aromatic rings. The van der Waals surface area contributed by atoms with E-state index in [4.69, 9.17) is 4.74 Å². The number of benzene rings is 2. The Morgan fingerprint density at radius 1 is 1.00 bits per heavy atom. The molecule has 2 aliphatic heterocycles. The van der Waals surface area contributed by atoms with Crippen molar-refractivity contribution in [1.82, 2.24) is 9.80 Å². The molecule has 0 spiro atoms. The monoisotopic (exact) mass is 446 g/mol. The van der Waals surface area contributed by atoms with Gasteiger partial charge in [0.15, 0.2) is 0 Å². The number of ether oxygens (including phenoxy) is 1. The fourth-order valence-corrected chi connectivity index (χ4v) is 7.04. The lowest BCUT2D eigenvalue weighted by molar-refractivity contribution is -0.143. The lowest BCUT2D eigenvalue weighted by atomic mass is 9.64. The van der Waals surface area contributed by atoms with Gasteiger partial charge in [-0.05, 0) is 55.4 Å². The van der Waals surface area contributed by atoms with Crippen molar-refractivity contribution in [2.24, 2.45) is 5.41 Å². The molecule has 0 aromatic heterocycles. The number of nitrogens with zero attached hydrogens (tertiary/aromatic N) is 2. The number of carbonyl (C=O) groups excluding carboxylic acids is 2. The molecule has 0 N–H and O–H groups in total. The third-order valence-electron chi connectivity index (χ3n) is 8.39. The van der Waals surface area contributed by atoms with E-state index in [2.05, 4.69) is 41.0 Å². The van der Waals surface area contributed by atoms with Crippen LogP contribution in [-0.4, -0.2) is 52.9 Å². The minimum absolute atomic E-state index is 0.0142. The average Bonchev–Trinajstić information content (AvgIpc) is 3.12. The molecule has 2 saturated heterocycles. The van der Waals surface area contributed by atoms with Crippen LogP contribution in [-0.2, 0) is 22.4 Å². The molecular formula is C28H34N2O3. The van der Waals surface area contributed by atoms with Crippen molar-refractivity contribution in [2.45, 2.75) is 76.5 Å². The van der Waals surface area contributed by atoms with Gasteiger partial charge in [-0.25, -0.2) is 0 Å². The van der Waals surface area contributed by atoms with Crippen LogP contribution in [0.25, 0.3) is 0 Å². The number of hydrogen-bond donors (Lipinski definition) is 0. The third-order valence-corrected chi connectivity index (χ3v) is 8.39. The lowest BCUT2D eigenvalue weighted by Gasteiger charge is -2.52. The first-order chi connectivity index (χ1) is 15.9. The van der Waals surface area contributed by atoms with Crippen LogP contribution in [0.15, 0.2) is 54.6 Å². The Kier molecular flexibility index (Phi) is 5.67. The van der Waals surface area contributed by atoms with Crippen LogP contribution in [0.4, 0.5) is 0 Å². The minimum atomic E-state index is -0.0359. The summed E-state index contributed by atoms with van der Waals surface area (Å²) in [5.74, 6) is 1.08. The summed E-state index contributed by atoms with van der Waals surface area (Å²) in [5.41, 5.74) is 2.16. The topological polar surface area (TPSA) is 49.9 Å². The molecule has 5 nitrogen and oxygen atoms in total. The molecule has 0 unspecified atom stereocenters. The van der Waals surface area contributed by atoms with Crippen molar-refractivity contribution in [3.8, 4) is 5.75 Å². The Labute approximate surface area is 196 Å². The molecule has 5 atom stereocenters. The molecule has 1 aliphatic carbocycles. The molecule has 174 valence electrons. The normalized spacial score (nSPS) is 30.3. The zero-order valence-corrected chi connectivity index (χ0v) is 19.9. The van der Waals surface area contributed by atoms with Gasteiger partial charge in [-0.15, -0.1) is 0 Å². The maximum Gasteiger partial charge on any atom is 0.227 e. The largest absolute Gasteiger partial charge is 0.497 e. The quantitative estimate of drug-likeness (QED) is 0.690. The second-order valence-electron chi connectivity index (χ2n) is 10.3. The highest BCUT2D eigenvalue weighted by molar-refractivity contribution is 5.81. The van der Waals surface area contributed by atoms with Crippen molar-refractivity contribution in [3.63, 3.8) is 0 Å². The molecule has 2 heterocycles. The molecule has 5 rings (SSSR count). The number of carbonyl (C=O) groups is 2. The van der Waals surface area contributed by atoms with Crippen molar-refractivity contribution in [3.05, 3.63) is 65.7 Å². The molecule has 0 radical (unpaired) electrons. The van der Waals surface area contributed by atoms with E-state index in [1.807, 2.05) is 30.3 Å². The van der Waals surface area contributed by atoms with Gasteiger partial charge in [-0.3, -0.25) is 9.59 Å². The van der Waals surface area contributed by atoms with E-state index in [9.17, 15) is 9.59 Å². The SMILES string of the molecule is COc1cccc(CC(=O)N2[C@H]3CCC[C@H]4N(C(C)=O)[C@@H](Cc5ccccc5)[C@@H]2C[C@@]34C)c1. The van der Waals surface area contributed by atoms with Crippen LogP contribution in [0.2, 0.25) is 0 Å². The number of methoxy groups -OCH3 is 1. The summed E-state index contributed by atoms with van der Waals surface area (Å²) in [6.45, 7) is 4.03. The summed E-state index contributed by atoms with van der Waals surface area (Å²) in [4.78, 5) is 31.2. The summed E-state index contributed by atoms with van der Waals surface area (Å²) in [6.07, 6.45) is 5.24. The standard InChI is InChI=1S/C28H34N2O3/c1-19(31)29-23(16-20-9-5-4-6-10-20)24-18-28(2)25(29)13-8-14-26(28)30(24)27(32)17-21-11-7-12-22(15-21)33-3/h4-7,9-12,15,23-26H,8,13-14,16-18H2,1-3H3/t23-,24-,25+,26-,28+/m0/s1. The second kappa shape index (κ2) is 8.51. The van der Waals surface area contributed by atoms with Crippen LogP contribution in [0.3, 0.4) is 0 Å². The van der Waals surface area contributed by atoms with Crippen LogP contribution in [0, 0.1) is 5.41 Å². The lowest BCUT2D eigenvalue weighted by Crippen LogP contribution is -2.62. The van der Waals surface area contributed by atoms with Gasteiger partial charge in [-0.1, -0.05) is 49.4 Å². The number of piperidine rings is 1. The minimum Gasteiger partial charge on any atom is -0.497 e.